The number of carbonyl (C=O) groups excluding carboxylic acids is 1. The Morgan fingerprint density at radius 1 is 1.11 bits per heavy atom. The maximum absolute atomic E-state index is 12.3. The topological polar surface area (TPSA) is 72.9 Å². The van der Waals surface area contributed by atoms with Crippen molar-refractivity contribution in [1.82, 2.24) is 9.78 Å². The molecule has 3 N–H and O–H groups in total. The van der Waals surface area contributed by atoms with E-state index in [9.17, 15) is 4.79 Å². The highest BCUT2D eigenvalue weighted by Crippen LogP contribution is 2.25. The summed E-state index contributed by atoms with van der Waals surface area (Å²) in [4.78, 5) is 12.3. The van der Waals surface area contributed by atoms with Gasteiger partial charge in [-0.25, -0.2) is 4.68 Å². The van der Waals surface area contributed by atoms with Crippen LogP contribution in [0, 0.1) is 0 Å². The lowest BCUT2D eigenvalue weighted by Gasteiger charge is -2.14. The summed E-state index contributed by atoms with van der Waals surface area (Å²) in [6.45, 7) is 7.76. The van der Waals surface area contributed by atoms with Crippen LogP contribution in [0.25, 0.3) is 0 Å². The van der Waals surface area contributed by atoms with Crippen LogP contribution in [0.15, 0.2) is 36.4 Å². The molecule has 2 rings (SSSR count). The zero-order chi connectivity index (χ0) is 19.0. The molecular weight excluding hydrogens is 360 g/mol. The molecule has 0 unspecified atom stereocenters. The highest BCUT2D eigenvalue weighted by Gasteiger charge is 2.20. The molecule has 0 saturated heterocycles. The summed E-state index contributed by atoms with van der Waals surface area (Å²) in [5.41, 5.74) is 7.57. The summed E-state index contributed by atoms with van der Waals surface area (Å²) in [6, 6.07) is 12.2. The normalized spacial score (nSPS) is 11.1. The van der Waals surface area contributed by atoms with Crippen LogP contribution < -0.4 is 11.1 Å². The summed E-state index contributed by atoms with van der Waals surface area (Å²) in [6.07, 6.45) is 4.59. The lowest BCUT2D eigenvalue weighted by atomic mass is 9.92. The Balaban J connectivity index is 0.00000364. The number of hydrogen-bond donors (Lipinski definition) is 2. The van der Waals surface area contributed by atoms with Gasteiger partial charge in [0.2, 0.25) is 5.91 Å². The molecule has 5 nitrogen and oxygen atoms in total. The Bertz CT molecular complexity index is 692. The van der Waals surface area contributed by atoms with Crippen LogP contribution in [-0.2, 0) is 16.8 Å². The van der Waals surface area contributed by atoms with Gasteiger partial charge in [0.1, 0.15) is 5.82 Å². The predicted molar refractivity (Wildman–Crippen MR) is 114 cm³/mol. The molecule has 6 heteroatoms. The number of hydrogen-bond acceptors (Lipinski definition) is 3. The van der Waals surface area contributed by atoms with Crippen molar-refractivity contribution in [2.45, 2.75) is 64.8 Å². The minimum Gasteiger partial charge on any atom is -0.330 e. The second-order valence-electron chi connectivity index (χ2n) is 7.81. The first kappa shape index (κ1) is 23.2. The quantitative estimate of drug-likeness (QED) is 0.617. The van der Waals surface area contributed by atoms with E-state index in [0.29, 0.717) is 13.0 Å². The third kappa shape index (κ3) is 7.73. The van der Waals surface area contributed by atoms with Crippen LogP contribution in [-0.4, -0.2) is 22.2 Å². The van der Waals surface area contributed by atoms with Gasteiger partial charge in [0.25, 0.3) is 0 Å². The fourth-order valence-electron chi connectivity index (χ4n) is 2.75. The largest absolute Gasteiger partial charge is 0.330 e. The minimum atomic E-state index is -0.0658. The van der Waals surface area contributed by atoms with E-state index in [1.807, 2.05) is 28.9 Å². The maximum atomic E-state index is 12.3. The highest BCUT2D eigenvalue weighted by atomic mass is 35.5. The number of unbranched alkanes of at least 4 members (excludes halogenated alkanes) is 3. The summed E-state index contributed by atoms with van der Waals surface area (Å²) >= 11 is 0. The first-order valence-corrected chi connectivity index (χ1v) is 9.52. The van der Waals surface area contributed by atoms with Gasteiger partial charge in [-0.1, -0.05) is 63.9 Å². The van der Waals surface area contributed by atoms with Gasteiger partial charge in [0.15, 0.2) is 0 Å². The standard InChI is InChI=1S/C21H32N4O.ClH/c1-21(2,3)18-15-19(23-20(26)13-9-4-5-10-14-22)25(24-18)16-17-11-7-6-8-12-17;/h6-8,11-12,15H,4-5,9-10,13-14,16,22H2,1-3H3,(H,23,26);1H. The number of rotatable bonds is 9. The molecule has 1 amide bonds. The summed E-state index contributed by atoms with van der Waals surface area (Å²) < 4.78 is 1.89. The van der Waals surface area contributed by atoms with E-state index >= 15 is 0 Å². The molecule has 1 aromatic carbocycles. The Kier molecular flexibility index (Phi) is 9.53. The highest BCUT2D eigenvalue weighted by molar-refractivity contribution is 5.89. The van der Waals surface area contributed by atoms with E-state index < -0.39 is 0 Å². The van der Waals surface area contributed by atoms with Crippen LogP contribution in [0.1, 0.15) is 64.1 Å². The number of amides is 1. The van der Waals surface area contributed by atoms with E-state index in [2.05, 4.69) is 38.2 Å². The van der Waals surface area contributed by atoms with E-state index in [4.69, 9.17) is 10.8 Å². The maximum Gasteiger partial charge on any atom is 0.225 e. The zero-order valence-corrected chi connectivity index (χ0v) is 17.5. The van der Waals surface area contributed by atoms with E-state index in [1.165, 1.54) is 0 Å². The molecular formula is C21H33ClN4O. The van der Waals surface area contributed by atoms with Crippen molar-refractivity contribution in [3.8, 4) is 0 Å². The van der Waals surface area contributed by atoms with Crippen LogP contribution in [0.3, 0.4) is 0 Å². The molecule has 150 valence electrons. The van der Waals surface area contributed by atoms with Gasteiger partial charge in [-0.05, 0) is 24.9 Å². The molecule has 0 saturated carbocycles. The number of halogens is 1. The fraction of sp³-hybridized carbons (Fsp3) is 0.524. The number of carbonyl (C=O) groups is 1. The van der Waals surface area contributed by atoms with Gasteiger partial charge >= 0.3 is 0 Å². The van der Waals surface area contributed by atoms with Gasteiger partial charge < -0.3 is 11.1 Å². The third-order valence-electron chi connectivity index (χ3n) is 4.35. The molecule has 0 atom stereocenters. The van der Waals surface area contributed by atoms with Crippen molar-refractivity contribution in [2.24, 2.45) is 5.73 Å². The van der Waals surface area contributed by atoms with Crippen molar-refractivity contribution >= 4 is 24.1 Å². The summed E-state index contributed by atoms with van der Waals surface area (Å²) in [5, 5.41) is 7.79. The van der Waals surface area contributed by atoms with Crippen LogP contribution in [0.5, 0.6) is 0 Å². The molecule has 1 aromatic heterocycles. The molecule has 0 aliphatic heterocycles. The SMILES string of the molecule is CC(C)(C)c1cc(NC(=O)CCCCCCN)n(Cc2ccccc2)n1.Cl. The molecule has 0 bridgehead atoms. The van der Waals surface area contributed by atoms with Crippen molar-refractivity contribution in [3.63, 3.8) is 0 Å². The first-order valence-electron chi connectivity index (χ1n) is 9.52. The zero-order valence-electron chi connectivity index (χ0n) is 16.7. The van der Waals surface area contributed by atoms with Crippen LogP contribution in [0.4, 0.5) is 5.82 Å². The van der Waals surface area contributed by atoms with Gasteiger partial charge in [-0.2, -0.15) is 5.10 Å². The van der Waals surface area contributed by atoms with Gasteiger partial charge in [-0.15, -0.1) is 12.4 Å². The number of nitrogens with two attached hydrogens (primary N) is 1. The van der Waals surface area contributed by atoms with E-state index in [0.717, 1.165) is 49.3 Å². The molecule has 0 radical (unpaired) electrons. The van der Waals surface area contributed by atoms with Gasteiger partial charge in [0, 0.05) is 17.9 Å². The summed E-state index contributed by atoms with van der Waals surface area (Å²) in [7, 11) is 0. The predicted octanol–water partition coefficient (Wildman–Crippen LogP) is 4.50. The first-order chi connectivity index (χ1) is 12.4. The fourth-order valence-corrected chi connectivity index (χ4v) is 2.75. The lowest BCUT2D eigenvalue weighted by molar-refractivity contribution is -0.116. The average Bonchev–Trinajstić information content (AvgIpc) is 2.98. The van der Waals surface area contributed by atoms with Crippen molar-refractivity contribution in [2.75, 3.05) is 11.9 Å². The number of nitrogens with one attached hydrogen (secondary N) is 1. The lowest BCUT2D eigenvalue weighted by Crippen LogP contribution is -2.16. The molecule has 0 aliphatic rings. The van der Waals surface area contributed by atoms with Crippen molar-refractivity contribution in [1.29, 1.82) is 0 Å². The number of benzene rings is 1. The smallest absolute Gasteiger partial charge is 0.225 e. The minimum absolute atomic E-state index is 0. The molecule has 2 aromatic rings. The molecule has 27 heavy (non-hydrogen) atoms. The van der Waals surface area contributed by atoms with Crippen molar-refractivity contribution < 1.29 is 4.79 Å². The Labute approximate surface area is 169 Å². The monoisotopic (exact) mass is 392 g/mol. The van der Waals surface area contributed by atoms with Crippen LogP contribution >= 0.6 is 12.4 Å². The van der Waals surface area contributed by atoms with Gasteiger partial charge in [-0.3, -0.25) is 4.79 Å². The van der Waals surface area contributed by atoms with Gasteiger partial charge in [0.05, 0.1) is 12.2 Å². The Morgan fingerprint density at radius 3 is 2.41 bits per heavy atom. The summed E-state index contributed by atoms with van der Waals surface area (Å²) in [5.74, 6) is 0.818. The van der Waals surface area contributed by atoms with E-state index in [1.54, 1.807) is 0 Å². The number of aromatic nitrogens is 2. The second kappa shape index (κ2) is 11.1. The van der Waals surface area contributed by atoms with Crippen LogP contribution in [0.2, 0.25) is 0 Å². The number of nitrogens with zero attached hydrogens (tertiary/aromatic N) is 2. The van der Waals surface area contributed by atoms with Crippen molar-refractivity contribution in [3.05, 3.63) is 47.7 Å². The molecule has 0 aliphatic carbocycles. The number of anilines is 1. The average molecular weight is 393 g/mol. The Morgan fingerprint density at radius 2 is 1.78 bits per heavy atom. The third-order valence-corrected chi connectivity index (χ3v) is 4.35. The second-order valence-corrected chi connectivity index (χ2v) is 7.81. The molecule has 0 spiro atoms. The molecule has 0 fully saturated rings. The molecule has 1 heterocycles. The van der Waals surface area contributed by atoms with E-state index in [-0.39, 0.29) is 23.7 Å². The Hall–Kier alpha value is -1.85.